The number of rotatable bonds is 2. The number of aromatic nitrogens is 2. The minimum absolute atomic E-state index is 0.214. The molecule has 0 aliphatic heterocycles. The first-order valence-corrected chi connectivity index (χ1v) is 7.15. The van der Waals surface area contributed by atoms with Gasteiger partial charge in [0.05, 0.1) is 21.4 Å². The number of halogens is 1. The molecule has 4 nitrogen and oxygen atoms in total. The predicted molar refractivity (Wildman–Crippen MR) is 81.2 cm³/mol. The van der Waals surface area contributed by atoms with E-state index in [1.165, 1.54) is 6.07 Å². The summed E-state index contributed by atoms with van der Waals surface area (Å²) in [6.07, 6.45) is 1.04. The molecule has 1 N–H and O–H groups in total. The summed E-state index contributed by atoms with van der Waals surface area (Å²) in [5.74, 6) is -0.817. The Morgan fingerprint density at radius 1 is 1.29 bits per heavy atom. The van der Waals surface area contributed by atoms with Gasteiger partial charge in [-0.1, -0.05) is 0 Å². The Kier molecular flexibility index (Phi) is 3.39. The first-order chi connectivity index (χ1) is 10.0. The van der Waals surface area contributed by atoms with Crippen LogP contribution in [0.4, 0.5) is 10.1 Å². The third-order valence-electron chi connectivity index (χ3n) is 3.01. The van der Waals surface area contributed by atoms with Crippen molar-refractivity contribution < 1.29 is 9.18 Å². The van der Waals surface area contributed by atoms with Gasteiger partial charge in [0.1, 0.15) is 11.5 Å². The Morgan fingerprint density at radius 3 is 2.86 bits per heavy atom. The maximum atomic E-state index is 13.0. The molecule has 2 heterocycles. The molecule has 3 aromatic rings. The van der Waals surface area contributed by atoms with Crippen LogP contribution >= 0.6 is 11.3 Å². The van der Waals surface area contributed by atoms with Crippen LogP contribution in [0.2, 0.25) is 0 Å². The molecule has 0 aliphatic rings. The van der Waals surface area contributed by atoms with Gasteiger partial charge in [-0.15, -0.1) is 11.3 Å². The van der Waals surface area contributed by atoms with Crippen molar-refractivity contribution in [2.24, 2.45) is 0 Å². The summed E-state index contributed by atoms with van der Waals surface area (Å²) in [6.45, 7) is 3.59. The number of nitrogens with zero attached hydrogens (tertiary/aromatic N) is 2. The van der Waals surface area contributed by atoms with Gasteiger partial charge in [0.25, 0.3) is 5.91 Å². The highest BCUT2D eigenvalue weighted by Gasteiger charge is 2.12. The number of benzene rings is 1. The highest BCUT2D eigenvalue weighted by Crippen LogP contribution is 2.24. The zero-order chi connectivity index (χ0) is 15.0. The Balaban J connectivity index is 1.88. The van der Waals surface area contributed by atoms with Gasteiger partial charge in [-0.2, -0.15) is 0 Å². The van der Waals surface area contributed by atoms with Crippen molar-refractivity contribution in [2.45, 2.75) is 13.8 Å². The van der Waals surface area contributed by atoms with Crippen LogP contribution in [0.15, 0.2) is 30.5 Å². The Labute approximate surface area is 124 Å². The van der Waals surface area contributed by atoms with Crippen LogP contribution < -0.4 is 5.32 Å². The fourth-order valence-corrected chi connectivity index (χ4v) is 2.90. The molecule has 0 fully saturated rings. The molecule has 0 bridgehead atoms. The van der Waals surface area contributed by atoms with E-state index in [9.17, 15) is 9.18 Å². The molecule has 0 radical (unpaired) electrons. The zero-order valence-corrected chi connectivity index (χ0v) is 12.3. The molecule has 3 rings (SSSR count). The summed E-state index contributed by atoms with van der Waals surface area (Å²) in [7, 11) is 0. The lowest BCUT2D eigenvalue weighted by Crippen LogP contribution is -2.15. The van der Waals surface area contributed by atoms with E-state index in [4.69, 9.17) is 0 Å². The molecular weight excluding hydrogens is 289 g/mol. The number of amides is 1. The van der Waals surface area contributed by atoms with Crippen LogP contribution in [0, 0.1) is 19.7 Å². The number of fused-ring (bicyclic) bond motifs is 1. The van der Waals surface area contributed by atoms with Gasteiger partial charge in [-0.25, -0.2) is 14.4 Å². The molecule has 1 amide bonds. The van der Waals surface area contributed by atoms with Gasteiger partial charge >= 0.3 is 0 Å². The van der Waals surface area contributed by atoms with Crippen molar-refractivity contribution in [3.05, 3.63) is 52.5 Å². The van der Waals surface area contributed by atoms with Crippen molar-refractivity contribution in [2.75, 3.05) is 5.32 Å². The van der Waals surface area contributed by atoms with Crippen LogP contribution in [0.1, 0.15) is 21.1 Å². The smallest absolute Gasteiger partial charge is 0.274 e. The number of hydrogen-bond acceptors (Lipinski definition) is 4. The molecule has 0 saturated carbocycles. The number of anilines is 1. The van der Waals surface area contributed by atoms with Gasteiger partial charge in [0.15, 0.2) is 0 Å². The van der Waals surface area contributed by atoms with Gasteiger partial charge < -0.3 is 5.32 Å². The number of aryl methyl sites for hydroxylation is 2. The lowest BCUT2D eigenvalue weighted by molar-refractivity contribution is 0.102. The molecule has 0 unspecified atom stereocenters. The van der Waals surface area contributed by atoms with E-state index in [1.54, 1.807) is 18.3 Å². The van der Waals surface area contributed by atoms with Gasteiger partial charge in [0, 0.05) is 5.69 Å². The molecule has 21 heavy (non-hydrogen) atoms. The number of hydrogen-bond donors (Lipinski definition) is 1. The monoisotopic (exact) mass is 301 g/mol. The number of carbonyl (C=O) groups is 1. The van der Waals surface area contributed by atoms with Crippen molar-refractivity contribution in [1.29, 1.82) is 0 Å². The van der Waals surface area contributed by atoms with Crippen LogP contribution in [-0.2, 0) is 0 Å². The highest BCUT2D eigenvalue weighted by atomic mass is 32.1. The highest BCUT2D eigenvalue weighted by molar-refractivity contribution is 7.18. The summed E-state index contributed by atoms with van der Waals surface area (Å²) < 4.78 is 14.1. The number of nitrogens with one attached hydrogen (secondary N) is 1. The first kappa shape index (κ1) is 13.6. The van der Waals surface area contributed by atoms with E-state index in [1.807, 2.05) is 25.1 Å². The Bertz CT molecular complexity index is 844. The average Bonchev–Trinajstić information content (AvgIpc) is 2.77. The topological polar surface area (TPSA) is 54.9 Å². The molecular formula is C15H12FN3OS. The normalized spacial score (nSPS) is 10.8. The predicted octanol–water partition coefficient (Wildman–Crippen LogP) is 3.70. The van der Waals surface area contributed by atoms with Gasteiger partial charge in [0.2, 0.25) is 0 Å². The van der Waals surface area contributed by atoms with Gasteiger partial charge in [-0.05, 0) is 43.7 Å². The van der Waals surface area contributed by atoms with Crippen LogP contribution in [-0.4, -0.2) is 15.9 Å². The molecule has 0 atom stereocenters. The number of pyridine rings is 1. The summed E-state index contributed by atoms with van der Waals surface area (Å²) in [5.41, 5.74) is 2.20. The molecule has 6 heteroatoms. The third-order valence-corrected chi connectivity index (χ3v) is 3.96. The molecule has 0 spiro atoms. The average molecular weight is 301 g/mol. The molecule has 106 valence electrons. The largest absolute Gasteiger partial charge is 0.321 e. The Morgan fingerprint density at radius 2 is 2.10 bits per heavy atom. The minimum atomic E-state index is -0.455. The Hall–Kier alpha value is -2.34. The SMILES string of the molecule is Cc1nc2cc(NC(=O)c3ncc(F)cc3C)ccc2s1. The lowest BCUT2D eigenvalue weighted by atomic mass is 10.2. The molecule has 0 saturated heterocycles. The first-order valence-electron chi connectivity index (χ1n) is 6.33. The second-order valence-electron chi connectivity index (χ2n) is 4.69. The maximum absolute atomic E-state index is 13.0. The maximum Gasteiger partial charge on any atom is 0.274 e. The van der Waals surface area contributed by atoms with Crippen molar-refractivity contribution in [1.82, 2.24) is 9.97 Å². The van der Waals surface area contributed by atoms with Crippen molar-refractivity contribution >= 4 is 33.1 Å². The van der Waals surface area contributed by atoms with E-state index >= 15 is 0 Å². The van der Waals surface area contributed by atoms with Crippen LogP contribution in [0.25, 0.3) is 10.2 Å². The van der Waals surface area contributed by atoms with Crippen molar-refractivity contribution in [3.63, 3.8) is 0 Å². The molecule has 2 aromatic heterocycles. The van der Waals surface area contributed by atoms with E-state index < -0.39 is 5.82 Å². The fraction of sp³-hybridized carbons (Fsp3) is 0.133. The molecule has 1 aromatic carbocycles. The number of thiazole rings is 1. The second-order valence-corrected chi connectivity index (χ2v) is 5.92. The summed E-state index contributed by atoms with van der Waals surface area (Å²) in [4.78, 5) is 20.4. The fourth-order valence-electron chi connectivity index (χ4n) is 2.09. The quantitative estimate of drug-likeness (QED) is 0.785. The lowest BCUT2D eigenvalue weighted by Gasteiger charge is -2.06. The third kappa shape index (κ3) is 2.75. The number of carbonyl (C=O) groups excluding carboxylic acids is 1. The summed E-state index contributed by atoms with van der Waals surface area (Å²) >= 11 is 1.60. The van der Waals surface area contributed by atoms with Crippen molar-refractivity contribution in [3.8, 4) is 0 Å². The van der Waals surface area contributed by atoms with E-state index in [2.05, 4.69) is 15.3 Å². The van der Waals surface area contributed by atoms with Gasteiger partial charge in [-0.3, -0.25) is 4.79 Å². The van der Waals surface area contributed by atoms with E-state index in [-0.39, 0.29) is 11.6 Å². The summed E-state index contributed by atoms with van der Waals surface area (Å²) in [6, 6.07) is 6.84. The van der Waals surface area contributed by atoms with Crippen LogP contribution in [0.5, 0.6) is 0 Å². The molecule has 0 aliphatic carbocycles. The zero-order valence-electron chi connectivity index (χ0n) is 11.5. The second kappa shape index (κ2) is 5.21. The minimum Gasteiger partial charge on any atom is -0.321 e. The van der Waals surface area contributed by atoms with E-state index in [0.717, 1.165) is 21.4 Å². The van der Waals surface area contributed by atoms with E-state index in [0.29, 0.717) is 11.3 Å². The van der Waals surface area contributed by atoms with Crippen LogP contribution in [0.3, 0.4) is 0 Å². The summed E-state index contributed by atoms with van der Waals surface area (Å²) in [5, 5.41) is 3.74. The standard InChI is InChI=1S/C15H12FN3OS/c1-8-5-10(16)7-17-14(8)15(20)19-11-3-4-13-12(6-11)18-9(2)21-13/h3-7H,1-2H3,(H,19,20).